The van der Waals surface area contributed by atoms with Crippen LogP contribution < -0.4 is 5.32 Å². The van der Waals surface area contributed by atoms with Gasteiger partial charge in [-0.3, -0.25) is 4.79 Å². The third-order valence-electron chi connectivity index (χ3n) is 4.43. The summed E-state index contributed by atoms with van der Waals surface area (Å²) >= 11 is 1.29. The summed E-state index contributed by atoms with van der Waals surface area (Å²) in [6, 6.07) is 8.14. The Morgan fingerprint density at radius 2 is 2.08 bits per heavy atom. The Bertz CT molecular complexity index is 800. The Hall–Kier alpha value is -2.21. The third-order valence-corrected chi connectivity index (χ3v) is 5.48. The van der Waals surface area contributed by atoms with Gasteiger partial charge in [-0.15, -0.1) is 11.3 Å². The number of esters is 1. The van der Waals surface area contributed by atoms with E-state index in [1.807, 2.05) is 19.1 Å². The van der Waals surface area contributed by atoms with Crippen LogP contribution in [-0.4, -0.2) is 23.0 Å². The van der Waals surface area contributed by atoms with Crippen LogP contribution in [0.25, 0.3) is 0 Å². The Kier molecular flexibility index (Phi) is 5.18. The van der Waals surface area contributed by atoms with Crippen LogP contribution in [0.4, 0.5) is 0 Å². The van der Waals surface area contributed by atoms with Crippen molar-refractivity contribution in [1.82, 2.24) is 10.3 Å². The molecule has 0 saturated carbocycles. The van der Waals surface area contributed by atoms with Gasteiger partial charge in [0, 0.05) is 0 Å². The van der Waals surface area contributed by atoms with Crippen LogP contribution in [0.1, 0.15) is 57.3 Å². The van der Waals surface area contributed by atoms with Gasteiger partial charge >= 0.3 is 5.97 Å². The molecule has 6 heteroatoms. The molecule has 1 heterocycles. The van der Waals surface area contributed by atoms with Gasteiger partial charge in [-0.2, -0.15) is 0 Å². The van der Waals surface area contributed by atoms with Gasteiger partial charge in [-0.1, -0.05) is 24.3 Å². The molecule has 1 aliphatic rings. The lowest BCUT2D eigenvalue weighted by Crippen LogP contribution is -2.39. The summed E-state index contributed by atoms with van der Waals surface area (Å²) in [6.45, 7) is 5.21. The highest BCUT2D eigenvalue weighted by Gasteiger charge is 2.26. The van der Waals surface area contributed by atoms with Crippen molar-refractivity contribution < 1.29 is 14.3 Å². The van der Waals surface area contributed by atoms with Crippen molar-refractivity contribution in [2.45, 2.75) is 52.2 Å². The van der Waals surface area contributed by atoms with E-state index in [-0.39, 0.29) is 11.9 Å². The minimum atomic E-state index is -0.844. The van der Waals surface area contributed by atoms with Crippen molar-refractivity contribution in [3.63, 3.8) is 0 Å². The van der Waals surface area contributed by atoms with Crippen LogP contribution in [0.3, 0.4) is 0 Å². The zero-order valence-corrected chi connectivity index (χ0v) is 15.5. The number of hydrogen-bond donors (Lipinski definition) is 1. The second-order valence-corrected chi connectivity index (χ2v) is 7.55. The number of benzene rings is 1. The van der Waals surface area contributed by atoms with Gasteiger partial charge < -0.3 is 10.1 Å². The van der Waals surface area contributed by atoms with Crippen LogP contribution in [0.15, 0.2) is 24.3 Å². The van der Waals surface area contributed by atoms with Crippen LogP contribution >= 0.6 is 11.3 Å². The number of thiazole rings is 1. The van der Waals surface area contributed by atoms with Crippen molar-refractivity contribution in [3.05, 3.63) is 51.0 Å². The quantitative estimate of drug-likeness (QED) is 0.850. The minimum Gasteiger partial charge on any atom is -0.448 e. The molecule has 3 rings (SSSR count). The van der Waals surface area contributed by atoms with Crippen molar-refractivity contribution in [3.8, 4) is 0 Å². The van der Waals surface area contributed by atoms with Gasteiger partial charge in [0.05, 0.1) is 16.7 Å². The molecule has 2 atom stereocenters. The number of hydrogen-bond acceptors (Lipinski definition) is 5. The lowest BCUT2D eigenvalue weighted by Gasteiger charge is -2.27. The highest BCUT2D eigenvalue weighted by atomic mass is 32.1. The fraction of sp³-hybridized carbons (Fsp3) is 0.421. The summed E-state index contributed by atoms with van der Waals surface area (Å²) < 4.78 is 5.34. The van der Waals surface area contributed by atoms with Crippen molar-refractivity contribution >= 4 is 23.2 Å². The number of nitrogens with zero attached hydrogens (tertiary/aromatic N) is 1. The summed E-state index contributed by atoms with van der Waals surface area (Å²) in [6.07, 6.45) is 2.13. The Balaban J connectivity index is 1.64. The molecule has 0 saturated heterocycles. The highest BCUT2D eigenvalue weighted by molar-refractivity contribution is 7.13. The molecule has 0 radical (unpaired) electrons. The predicted octanol–water partition coefficient (Wildman–Crippen LogP) is 3.50. The maximum absolute atomic E-state index is 12.5. The number of carbonyl (C=O) groups excluding carboxylic acids is 2. The molecule has 0 fully saturated rings. The maximum atomic E-state index is 12.5. The van der Waals surface area contributed by atoms with Crippen LogP contribution in [-0.2, 0) is 16.0 Å². The molecule has 1 aliphatic carbocycles. The summed E-state index contributed by atoms with van der Waals surface area (Å²) in [5.74, 6) is -0.760. The number of rotatable bonds is 4. The molecule has 1 aromatic carbocycles. The largest absolute Gasteiger partial charge is 0.448 e. The van der Waals surface area contributed by atoms with E-state index in [4.69, 9.17) is 4.74 Å². The fourth-order valence-corrected chi connectivity index (χ4v) is 3.98. The van der Waals surface area contributed by atoms with E-state index in [2.05, 4.69) is 22.4 Å². The average molecular weight is 358 g/mol. The fourth-order valence-electron chi connectivity index (χ4n) is 3.18. The number of amides is 1. The van der Waals surface area contributed by atoms with Crippen LogP contribution in [0, 0.1) is 13.8 Å². The molecule has 0 bridgehead atoms. The Morgan fingerprint density at radius 1 is 1.32 bits per heavy atom. The van der Waals surface area contributed by atoms with Crippen molar-refractivity contribution in [2.75, 3.05) is 0 Å². The normalized spacial score (nSPS) is 17.5. The number of fused-ring (bicyclic) bond motifs is 1. The molecule has 2 aromatic rings. The molecule has 1 aromatic heterocycles. The maximum Gasteiger partial charge on any atom is 0.351 e. The first-order valence-electron chi connectivity index (χ1n) is 8.49. The number of aromatic nitrogens is 1. The predicted molar refractivity (Wildman–Crippen MR) is 96.7 cm³/mol. The van der Waals surface area contributed by atoms with E-state index in [1.165, 1.54) is 16.9 Å². The first-order chi connectivity index (χ1) is 12.0. The number of carbonyl (C=O) groups is 2. The second kappa shape index (κ2) is 7.35. The Morgan fingerprint density at radius 3 is 2.80 bits per heavy atom. The Labute approximate surface area is 151 Å². The van der Waals surface area contributed by atoms with E-state index in [9.17, 15) is 9.59 Å². The summed E-state index contributed by atoms with van der Waals surface area (Å²) in [4.78, 5) is 29.4. The monoisotopic (exact) mass is 358 g/mol. The van der Waals surface area contributed by atoms with Gasteiger partial charge in [0.25, 0.3) is 5.91 Å². The van der Waals surface area contributed by atoms with Crippen molar-refractivity contribution in [1.29, 1.82) is 0 Å². The molecule has 1 amide bonds. The molecule has 5 nitrogen and oxygen atoms in total. The van der Waals surface area contributed by atoms with Gasteiger partial charge in [0.2, 0.25) is 0 Å². The average Bonchev–Trinajstić information content (AvgIpc) is 2.93. The SMILES string of the molecule is Cc1nc(C)c(C(=O)OC(C)C(=O)NC2CCCc3ccccc32)s1. The first-order valence-corrected chi connectivity index (χ1v) is 9.30. The number of nitrogens with one attached hydrogen (secondary N) is 1. The molecular formula is C19H22N2O3S. The zero-order valence-electron chi connectivity index (χ0n) is 14.7. The van der Waals surface area contributed by atoms with Gasteiger partial charge in [-0.05, 0) is 51.2 Å². The smallest absolute Gasteiger partial charge is 0.351 e. The highest BCUT2D eigenvalue weighted by Crippen LogP contribution is 2.29. The van der Waals surface area contributed by atoms with Crippen LogP contribution in [0.5, 0.6) is 0 Å². The van der Waals surface area contributed by atoms with E-state index in [0.717, 1.165) is 29.8 Å². The summed E-state index contributed by atoms with van der Waals surface area (Å²) in [7, 11) is 0. The summed E-state index contributed by atoms with van der Waals surface area (Å²) in [5, 5.41) is 3.83. The standard InChI is InChI=1S/C19H22N2O3S/c1-11-17(25-13(3)20-11)19(23)24-12(2)18(22)21-16-10-6-8-14-7-4-5-9-15(14)16/h4-5,7,9,12,16H,6,8,10H2,1-3H3,(H,21,22). The van der Waals surface area contributed by atoms with E-state index in [0.29, 0.717) is 10.6 Å². The van der Waals surface area contributed by atoms with E-state index in [1.54, 1.807) is 13.8 Å². The molecule has 25 heavy (non-hydrogen) atoms. The molecule has 2 unspecified atom stereocenters. The molecule has 132 valence electrons. The molecular weight excluding hydrogens is 336 g/mol. The molecule has 1 N–H and O–H groups in total. The number of ether oxygens (including phenoxy) is 1. The van der Waals surface area contributed by atoms with Gasteiger partial charge in [-0.25, -0.2) is 9.78 Å². The minimum absolute atomic E-state index is 0.0222. The molecule has 0 spiro atoms. The first kappa shape index (κ1) is 17.6. The zero-order chi connectivity index (χ0) is 18.0. The van der Waals surface area contributed by atoms with Gasteiger partial charge in [0.15, 0.2) is 6.10 Å². The lowest BCUT2D eigenvalue weighted by atomic mass is 9.87. The molecule has 0 aliphatic heterocycles. The topological polar surface area (TPSA) is 68.3 Å². The second-order valence-electron chi connectivity index (χ2n) is 6.35. The lowest BCUT2D eigenvalue weighted by molar-refractivity contribution is -0.130. The third kappa shape index (κ3) is 3.90. The van der Waals surface area contributed by atoms with Gasteiger partial charge in [0.1, 0.15) is 4.88 Å². The summed E-state index contributed by atoms with van der Waals surface area (Å²) in [5.41, 5.74) is 3.08. The van der Waals surface area contributed by atoms with Crippen LogP contribution in [0.2, 0.25) is 0 Å². The van der Waals surface area contributed by atoms with Crippen molar-refractivity contribution in [2.24, 2.45) is 0 Å². The number of aryl methyl sites for hydroxylation is 3. The van der Waals surface area contributed by atoms with E-state index < -0.39 is 12.1 Å². The van der Waals surface area contributed by atoms with E-state index >= 15 is 0 Å².